The van der Waals surface area contributed by atoms with Crippen molar-refractivity contribution < 1.29 is 50.1 Å². The van der Waals surface area contributed by atoms with Gasteiger partial charge in [-0.15, -0.1) is 0 Å². The maximum absolute atomic E-state index is 9.90. The molecular formula is C10H16O10. The first-order valence-electron chi connectivity index (χ1n) is 5.09. The summed E-state index contributed by atoms with van der Waals surface area (Å²) in [6.07, 6.45) is -5.72. The molecule has 0 aliphatic rings. The molecule has 0 saturated carbocycles. The van der Waals surface area contributed by atoms with Gasteiger partial charge in [-0.1, -0.05) is 0 Å². The zero-order valence-corrected chi connectivity index (χ0v) is 10.1. The van der Waals surface area contributed by atoms with E-state index in [1.165, 1.54) is 0 Å². The van der Waals surface area contributed by atoms with Crippen LogP contribution in [0.2, 0.25) is 0 Å². The van der Waals surface area contributed by atoms with Gasteiger partial charge in [0.05, 0.1) is 6.61 Å². The van der Waals surface area contributed by atoms with Crippen LogP contribution >= 0.6 is 0 Å². The lowest BCUT2D eigenvalue weighted by Crippen LogP contribution is -2.46. The average molecular weight is 296 g/mol. The molecule has 20 heavy (non-hydrogen) atoms. The highest BCUT2D eigenvalue weighted by atomic mass is 16.4. The van der Waals surface area contributed by atoms with Crippen LogP contribution in [0.4, 0.5) is 0 Å². The van der Waals surface area contributed by atoms with E-state index in [-0.39, 0.29) is 6.29 Å². The molecular weight excluding hydrogens is 280 g/mol. The van der Waals surface area contributed by atoms with E-state index in [1.54, 1.807) is 0 Å². The van der Waals surface area contributed by atoms with Crippen molar-refractivity contribution in [3.63, 3.8) is 0 Å². The number of carboxylic acids is 2. The molecule has 4 unspecified atom stereocenters. The SMILES string of the molecule is O=C(O)/C=C/C(=O)O.O=CC(O)C(O)C(O)C(O)CO. The minimum Gasteiger partial charge on any atom is -0.478 e. The van der Waals surface area contributed by atoms with Crippen molar-refractivity contribution in [2.75, 3.05) is 6.61 Å². The lowest BCUT2D eigenvalue weighted by atomic mass is 10.0. The summed E-state index contributed by atoms with van der Waals surface area (Å²) in [4.78, 5) is 29.0. The predicted molar refractivity (Wildman–Crippen MR) is 61.6 cm³/mol. The molecule has 0 heterocycles. The van der Waals surface area contributed by atoms with Crippen molar-refractivity contribution in [2.45, 2.75) is 24.4 Å². The third kappa shape index (κ3) is 10.1. The molecule has 0 aliphatic carbocycles. The fourth-order valence-corrected chi connectivity index (χ4v) is 0.761. The van der Waals surface area contributed by atoms with Crippen LogP contribution < -0.4 is 0 Å². The van der Waals surface area contributed by atoms with Crippen LogP contribution in [-0.4, -0.2) is 85.0 Å². The van der Waals surface area contributed by atoms with Crippen molar-refractivity contribution in [1.82, 2.24) is 0 Å². The van der Waals surface area contributed by atoms with Gasteiger partial charge in [0, 0.05) is 12.2 Å². The van der Waals surface area contributed by atoms with Crippen LogP contribution in [0.5, 0.6) is 0 Å². The topological polar surface area (TPSA) is 193 Å². The highest BCUT2D eigenvalue weighted by molar-refractivity contribution is 5.89. The van der Waals surface area contributed by atoms with Crippen LogP contribution in [0, 0.1) is 0 Å². The molecule has 0 amide bonds. The van der Waals surface area contributed by atoms with Crippen molar-refractivity contribution in [1.29, 1.82) is 0 Å². The summed E-state index contributed by atoms with van der Waals surface area (Å²) < 4.78 is 0. The number of aliphatic hydroxyl groups excluding tert-OH is 5. The molecule has 7 N–H and O–H groups in total. The zero-order chi connectivity index (χ0) is 16.3. The lowest BCUT2D eigenvalue weighted by molar-refractivity contribution is -0.136. The minimum atomic E-state index is -1.79. The standard InChI is InChI=1S/C6H12O6.C4H4O4/c7-1-3(9)5(11)6(12)4(10)2-8;5-3(6)1-2-4(7)8/h1,3-6,8-12H,2H2;1-2H,(H,5,6)(H,7,8)/b;2-1+. The summed E-state index contributed by atoms with van der Waals surface area (Å²) in [5, 5.41) is 59.2. The van der Waals surface area contributed by atoms with Gasteiger partial charge < -0.3 is 40.5 Å². The third-order valence-electron chi connectivity index (χ3n) is 1.79. The minimum absolute atomic E-state index is 0.0258. The van der Waals surface area contributed by atoms with Crippen molar-refractivity contribution >= 4 is 18.2 Å². The lowest BCUT2D eigenvalue weighted by Gasteiger charge is -2.22. The van der Waals surface area contributed by atoms with Crippen LogP contribution in [-0.2, 0) is 14.4 Å². The molecule has 0 spiro atoms. The Hall–Kier alpha value is -1.85. The van der Waals surface area contributed by atoms with Gasteiger partial charge in [0.25, 0.3) is 0 Å². The predicted octanol–water partition coefficient (Wildman–Crippen LogP) is -3.67. The molecule has 0 rings (SSSR count). The van der Waals surface area contributed by atoms with Crippen LogP contribution in [0.3, 0.4) is 0 Å². The zero-order valence-electron chi connectivity index (χ0n) is 10.1. The Balaban J connectivity index is 0. The maximum Gasteiger partial charge on any atom is 0.328 e. The summed E-state index contributed by atoms with van der Waals surface area (Å²) in [6.45, 7) is -0.760. The largest absolute Gasteiger partial charge is 0.478 e. The van der Waals surface area contributed by atoms with Gasteiger partial charge in [0.1, 0.15) is 24.4 Å². The number of carbonyl (C=O) groups excluding carboxylic acids is 1. The molecule has 10 heteroatoms. The molecule has 116 valence electrons. The molecule has 0 aromatic carbocycles. The number of aliphatic hydroxyl groups is 5. The highest BCUT2D eigenvalue weighted by Gasteiger charge is 2.29. The first-order chi connectivity index (χ1) is 9.17. The fraction of sp³-hybridized carbons (Fsp3) is 0.500. The molecule has 0 bridgehead atoms. The Bertz CT molecular complexity index is 323. The Kier molecular flexibility index (Phi) is 11.3. The Morgan fingerprint density at radius 2 is 1.30 bits per heavy atom. The Labute approximate surface area is 112 Å². The van der Waals surface area contributed by atoms with Gasteiger partial charge in [-0.25, -0.2) is 9.59 Å². The Morgan fingerprint density at radius 1 is 0.900 bits per heavy atom. The van der Waals surface area contributed by atoms with Crippen molar-refractivity contribution in [3.05, 3.63) is 12.2 Å². The van der Waals surface area contributed by atoms with E-state index >= 15 is 0 Å². The van der Waals surface area contributed by atoms with E-state index in [4.69, 9.17) is 35.7 Å². The second-order valence-corrected chi connectivity index (χ2v) is 3.37. The summed E-state index contributed by atoms with van der Waals surface area (Å²) in [5.74, 6) is -2.51. The number of carbonyl (C=O) groups is 3. The molecule has 0 aliphatic heterocycles. The first-order valence-corrected chi connectivity index (χ1v) is 5.09. The molecule has 0 radical (unpaired) electrons. The fourth-order valence-electron chi connectivity index (χ4n) is 0.761. The van der Waals surface area contributed by atoms with Crippen LogP contribution in [0.25, 0.3) is 0 Å². The Morgan fingerprint density at radius 3 is 1.55 bits per heavy atom. The van der Waals surface area contributed by atoms with Gasteiger partial charge >= 0.3 is 11.9 Å². The van der Waals surface area contributed by atoms with Crippen molar-refractivity contribution in [2.24, 2.45) is 0 Å². The number of aliphatic carboxylic acids is 2. The average Bonchev–Trinajstić information content (AvgIpc) is 2.42. The number of rotatable bonds is 7. The maximum atomic E-state index is 9.90. The monoisotopic (exact) mass is 296 g/mol. The molecule has 0 fully saturated rings. The van der Waals surface area contributed by atoms with Gasteiger partial charge in [-0.05, 0) is 0 Å². The number of carboxylic acid groups (broad SMARTS) is 2. The van der Waals surface area contributed by atoms with Gasteiger partial charge in [-0.2, -0.15) is 0 Å². The smallest absolute Gasteiger partial charge is 0.328 e. The summed E-state index contributed by atoms with van der Waals surface area (Å²) in [7, 11) is 0. The second kappa shape index (κ2) is 11.0. The number of hydrogen-bond acceptors (Lipinski definition) is 8. The van der Waals surface area contributed by atoms with E-state index in [1.807, 2.05) is 0 Å². The summed E-state index contributed by atoms with van der Waals surface area (Å²) in [5.41, 5.74) is 0. The quantitative estimate of drug-likeness (QED) is 0.182. The number of hydrogen-bond donors (Lipinski definition) is 7. The van der Waals surface area contributed by atoms with Crippen LogP contribution in [0.1, 0.15) is 0 Å². The molecule has 10 nitrogen and oxygen atoms in total. The molecule has 0 aromatic heterocycles. The van der Waals surface area contributed by atoms with E-state index in [0.29, 0.717) is 12.2 Å². The molecule has 4 atom stereocenters. The van der Waals surface area contributed by atoms with E-state index < -0.39 is 43.0 Å². The van der Waals surface area contributed by atoms with Gasteiger partial charge in [-0.3, -0.25) is 0 Å². The summed E-state index contributed by atoms with van der Waals surface area (Å²) in [6, 6.07) is 0. The molecule has 0 aromatic rings. The van der Waals surface area contributed by atoms with Crippen molar-refractivity contribution in [3.8, 4) is 0 Å². The first kappa shape index (κ1) is 20.5. The third-order valence-corrected chi connectivity index (χ3v) is 1.79. The van der Waals surface area contributed by atoms with Crippen LogP contribution in [0.15, 0.2) is 12.2 Å². The normalized spacial score (nSPS) is 16.4. The van der Waals surface area contributed by atoms with E-state index in [0.717, 1.165) is 0 Å². The van der Waals surface area contributed by atoms with Gasteiger partial charge in [0.15, 0.2) is 6.29 Å². The molecule has 0 saturated heterocycles. The second-order valence-electron chi connectivity index (χ2n) is 3.37. The number of aldehydes is 1. The van der Waals surface area contributed by atoms with E-state index in [2.05, 4.69) is 0 Å². The van der Waals surface area contributed by atoms with E-state index in [9.17, 15) is 14.4 Å². The summed E-state index contributed by atoms with van der Waals surface area (Å²) >= 11 is 0. The van der Waals surface area contributed by atoms with Gasteiger partial charge in [0.2, 0.25) is 0 Å². The highest BCUT2D eigenvalue weighted by Crippen LogP contribution is 2.02.